The van der Waals surface area contributed by atoms with Crippen LogP contribution in [0.2, 0.25) is 0 Å². The number of hydrogen-bond donors (Lipinski definition) is 0. The maximum atomic E-state index is 2.43. The zero-order chi connectivity index (χ0) is 47.2. The molecule has 2 heterocycles. The average Bonchev–Trinajstić information content (AvgIpc) is 4.03. The molecular formula is C69H48N2. The fourth-order valence-electron chi connectivity index (χ4n) is 11.7. The molecule has 0 atom stereocenters. The van der Waals surface area contributed by atoms with E-state index < -0.39 is 0 Å². The Morgan fingerprint density at radius 3 is 1.01 bits per heavy atom. The van der Waals surface area contributed by atoms with E-state index in [2.05, 4.69) is 278 Å². The standard InChI is InChI=1S/C69H48N2/c1-69(2)63-43-53(49-25-21-47(22-26-49)51-33-39-67-61(41-51)59-17-9-11-19-65(59)70(67)55-15-7-4-8-16-55)31-37-57(63)58-38-32-54(44-64(58)69)50-27-23-48(24-28-50)52-34-40-68-62(42-52)60-18-10-12-20-66(60)71(68)56-35-29-46(30-36-56)45-13-5-3-6-14-45/h3-44H,1-2H3. The molecule has 0 fully saturated rings. The zero-order valence-corrected chi connectivity index (χ0v) is 39.6. The summed E-state index contributed by atoms with van der Waals surface area (Å²) in [6.07, 6.45) is 0. The molecule has 0 spiro atoms. The van der Waals surface area contributed by atoms with Crippen LogP contribution in [0.1, 0.15) is 25.0 Å². The second-order valence-electron chi connectivity index (χ2n) is 19.7. The molecular weight excluding hydrogens is 857 g/mol. The first-order chi connectivity index (χ1) is 34.9. The number of aromatic nitrogens is 2. The minimum atomic E-state index is -0.149. The third-order valence-corrected chi connectivity index (χ3v) is 15.4. The Morgan fingerprint density at radius 2 is 0.549 bits per heavy atom. The summed E-state index contributed by atoms with van der Waals surface area (Å²) in [5.74, 6) is 0. The summed E-state index contributed by atoms with van der Waals surface area (Å²) in [7, 11) is 0. The number of benzene rings is 11. The monoisotopic (exact) mass is 904 g/mol. The smallest absolute Gasteiger partial charge is 0.0541 e. The van der Waals surface area contributed by atoms with Crippen LogP contribution in [0.25, 0.3) is 122 Å². The molecule has 2 heteroatoms. The first-order valence-electron chi connectivity index (χ1n) is 24.7. The highest BCUT2D eigenvalue weighted by atomic mass is 15.0. The van der Waals surface area contributed by atoms with Gasteiger partial charge in [0, 0.05) is 38.3 Å². The first kappa shape index (κ1) is 41.0. The van der Waals surface area contributed by atoms with E-state index in [0.717, 1.165) is 5.69 Å². The Hall–Kier alpha value is -8.98. The maximum absolute atomic E-state index is 2.43. The molecule has 71 heavy (non-hydrogen) atoms. The minimum absolute atomic E-state index is 0.149. The lowest BCUT2D eigenvalue weighted by Gasteiger charge is -2.22. The SMILES string of the molecule is CC1(C)c2cc(-c3ccc(-c4ccc5c(c4)c4ccccc4n5-c4ccccc4)cc3)ccc2-c2ccc(-c3ccc(-c4ccc5c(c4)c4ccccc4n5-c4ccc(-c5ccccc5)cc4)cc3)cc21. The third-order valence-electron chi connectivity index (χ3n) is 15.4. The van der Waals surface area contributed by atoms with E-state index in [1.807, 2.05) is 0 Å². The molecule has 0 aliphatic heterocycles. The van der Waals surface area contributed by atoms with E-state index in [1.165, 1.54) is 127 Å². The molecule has 14 rings (SSSR count). The van der Waals surface area contributed by atoms with Crippen LogP contribution in [-0.4, -0.2) is 9.13 Å². The van der Waals surface area contributed by atoms with Crippen molar-refractivity contribution in [1.82, 2.24) is 9.13 Å². The summed E-state index contributed by atoms with van der Waals surface area (Å²) >= 11 is 0. The molecule has 334 valence electrons. The zero-order valence-electron chi connectivity index (χ0n) is 39.6. The Kier molecular flexibility index (Phi) is 9.28. The van der Waals surface area contributed by atoms with Crippen LogP contribution in [0, 0.1) is 0 Å². The van der Waals surface area contributed by atoms with Crippen molar-refractivity contribution < 1.29 is 0 Å². The highest BCUT2D eigenvalue weighted by Gasteiger charge is 2.36. The summed E-state index contributed by atoms with van der Waals surface area (Å²) in [6, 6.07) is 93.9. The number of hydrogen-bond acceptors (Lipinski definition) is 0. The van der Waals surface area contributed by atoms with Gasteiger partial charge in [0.05, 0.1) is 22.1 Å². The summed E-state index contributed by atoms with van der Waals surface area (Å²) in [5, 5.41) is 5.05. The number of nitrogens with zero attached hydrogens (tertiary/aromatic N) is 2. The van der Waals surface area contributed by atoms with Gasteiger partial charge in [-0.05, 0) is 151 Å². The van der Waals surface area contributed by atoms with E-state index in [4.69, 9.17) is 0 Å². The van der Waals surface area contributed by atoms with Gasteiger partial charge in [0.15, 0.2) is 0 Å². The number of rotatable bonds is 7. The highest BCUT2D eigenvalue weighted by molar-refractivity contribution is 6.11. The normalized spacial score (nSPS) is 12.8. The third kappa shape index (κ3) is 6.63. The van der Waals surface area contributed by atoms with Gasteiger partial charge in [0.1, 0.15) is 0 Å². The Bertz CT molecular complexity index is 4190. The molecule has 0 saturated heterocycles. The lowest BCUT2D eigenvalue weighted by Crippen LogP contribution is -2.15. The highest BCUT2D eigenvalue weighted by Crippen LogP contribution is 2.51. The molecule has 0 N–H and O–H groups in total. The van der Waals surface area contributed by atoms with Gasteiger partial charge in [-0.3, -0.25) is 0 Å². The molecule has 0 saturated carbocycles. The predicted octanol–water partition coefficient (Wildman–Crippen LogP) is 18.5. The molecule has 2 aromatic heterocycles. The Labute approximate surface area is 414 Å². The summed E-state index contributed by atoms with van der Waals surface area (Å²) in [6.45, 7) is 4.77. The van der Waals surface area contributed by atoms with Gasteiger partial charge in [-0.25, -0.2) is 0 Å². The van der Waals surface area contributed by atoms with Crippen LogP contribution in [0.15, 0.2) is 255 Å². The first-order valence-corrected chi connectivity index (χ1v) is 24.7. The van der Waals surface area contributed by atoms with Gasteiger partial charge in [-0.1, -0.05) is 196 Å². The van der Waals surface area contributed by atoms with Crippen LogP contribution < -0.4 is 0 Å². The molecule has 1 aliphatic carbocycles. The van der Waals surface area contributed by atoms with Gasteiger partial charge in [-0.15, -0.1) is 0 Å². The molecule has 2 nitrogen and oxygen atoms in total. The maximum Gasteiger partial charge on any atom is 0.0541 e. The molecule has 0 amide bonds. The number of para-hydroxylation sites is 3. The summed E-state index contributed by atoms with van der Waals surface area (Å²) < 4.78 is 4.77. The van der Waals surface area contributed by atoms with E-state index in [9.17, 15) is 0 Å². The van der Waals surface area contributed by atoms with Crippen molar-refractivity contribution in [2.75, 3.05) is 0 Å². The average molecular weight is 905 g/mol. The van der Waals surface area contributed by atoms with Gasteiger partial charge in [0.2, 0.25) is 0 Å². The largest absolute Gasteiger partial charge is 0.309 e. The quantitative estimate of drug-likeness (QED) is 0.151. The van der Waals surface area contributed by atoms with Crippen molar-refractivity contribution in [1.29, 1.82) is 0 Å². The Balaban J connectivity index is 0.728. The fourth-order valence-corrected chi connectivity index (χ4v) is 11.7. The molecule has 1 aliphatic rings. The van der Waals surface area contributed by atoms with E-state index >= 15 is 0 Å². The molecule has 0 unspecified atom stereocenters. The lowest BCUT2D eigenvalue weighted by atomic mass is 9.80. The van der Waals surface area contributed by atoms with Gasteiger partial charge < -0.3 is 9.13 Å². The van der Waals surface area contributed by atoms with Crippen LogP contribution in [-0.2, 0) is 5.41 Å². The van der Waals surface area contributed by atoms with Crippen molar-refractivity contribution in [3.05, 3.63) is 266 Å². The van der Waals surface area contributed by atoms with E-state index in [1.54, 1.807) is 0 Å². The summed E-state index contributed by atoms with van der Waals surface area (Å²) in [5.41, 5.74) is 24.7. The predicted molar refractivity (Wildman–Crippen MR) is 300 cm³/mol. The van der Waals surface area contributed by atoms with Gasteiger partial charge >= 0.3 is 0 Å². The Morgan fingerprint density at radius 1 is 0.239 bits per heavy atom. The number of fused-ring (bicyclic) bond motifs is 9. The van der Waals surface area contributed by atoms with Gasteiger partial charge in [-0.2, -0.15) is 0 Å². The molecule has 0 radical (unpaired) electrons. The fraction of sp³-hybridized carbons (Fsp3) is 0.0435. The second kappa shape index (κ2) is 16.1. The summed E-state index contributed by atoms with van der Waals surface area (Å²) in [4.78, 5) is 0. The lowest BCUT2D eigenvalue weighted by molar-refractivity contribution is 0.661. The van der Waals surface area contributed by atoms with Crippen molar-refractivity contribution in [2.45, 2.75) is 19.3 Å². The van der Waals surface area contributed by atoms with Crippen LogP contribution in [0.4, 0.5) is 0 Å². The van der Waals surface area contributed by atoms with Crippen molar-refractivity contribution in [2.24, 2.45) is 0 Å². The van der Waals surface area contributed by atoms with Crippen molar-refractivity contribution in [3.8, 4) is 78.1 Å². The van der Waals surface area contributed by atoms with Crippen LogP contribution in [0.5, 0.6) is 0 Å². The van der Waals surface area contributed by atoms with Gasteiger partial charge in [0.25, 0.3) is 0 Å². The second-order valence-corrected chi connectivity index (χ2v) is 19.7. The van der Waals surface area contributed by atoms with E-state index in [0.29, 0.717) is 0 Å². The van der Waals surface area contributed by atoms with Crippen LogP contribution >= 0.6 is 0 Å². The molecule has 13 aromatic rings. The topological polar surface area (TPSA) is 9.86 Å². The van der Waals surface area contributed by atoms with Crippen LogP contribution in [0.3, 0.4) is 0 Å². The van der Waals surface area contributed by atoms with E-state index in [-0.39, 0.29) is 5.41 Å². The minimum Gasteiger partial charge on any atom is -0.309 e. The molecule has 11 aromatic carbocycles. The van der Waals surface area contributed by atoms with Crippen molar-refractivity contribution >= 4 is 43.6 Å². The molecule has 0 bridgehead atoms. The van der Waals surface area contributed by atoms with Crippen molar-refractivity contribution in [3.63, 3.8) is 0 Å².